The molecule has 1 aliphatic rings. The standard InChI is InChI=1S/C13H23NO4/c1-3-5-10-18-13(16)14-8-6-11(7-9-14)12(15)17-4-2/h11H,3-10H2,1-2H3. The second kappa shape index (κ2) is 7.95. The lowest BCUT2D eigenvalue weighted by molar-refractivity contribution is -0.149. The molecule has 1 aliphatic heterocycles. The molecule has 1 saturated heterocycles. The molecule has 0 aliphatic carbocycles. The molecule has 0 unspecified atom stereocenters. The molecule has 0 aromatic rings. The highest BCUT2D eigenvalue weighted by Gasteiger charge is 2.28. The summed E-state index contributed by atoms with van der Waals surface area (Å²) >= 11 is 0. The Bertz CT molecular complexity index is 272. The van der Waals surface area contributed by atoms with E-state index in [0.29, 0.717) is 39.1 Å². The third-order valence-electron chi connectivity index (χ3n) is 3.10. The minimum atomic E-state index is -0.259. The zero-order chi connectivity index (χ0) is 13.4. The second-order valence-electron chi connectivity index (χ2n) is 4.48. The summed E-state index contributed by atoms with van der Waals surface area (Å²) in [6.45, 7) is 5.91. The minimum Gasteiger partial charge on any atom is -0.466 e. The van der Waals surface area contributed by atoms with Crippen molar-refractivity contribution in [1.29, 1.82) is 0 Å². The largest absolute Gasteiger partial charge is 0.466 e. The van der Waals surface area contributed by atoms with Crippen LogP contribution in [-0.2, 0) is 14.3 Å². The van der Waals surface area contributed by atoms with E-state index in [9.17, 15) is 9.59 Å². The summed E-state index contributed by atoms with van der Waals surface area (Å²) in [7, 11) is 0. The Balaban J connectivity index is 2.26. The van der Waals surface area contributed by atoms with Gasteiger partial charge in [0.15, 0.2) is 0 Å². The first-order valence-electron chi connectivity index (χ1n) is 6.77. The van der Waals surface area contributed by atoms with Crippen LogP contribution in [0.25, 0.3) is 0 Å². The lowest BCUT2D eigenvalue weighted by Gasteiger charge is -2.30. The molecule has 1 heterocycles. The summed E-state index contributed by atoms with van der Waals surface area (Å²) in [5, 5.41) is 0. The van der Waals surface area contributed by atoms with Crippen molar-refractivity contribution in [2.45, 2.75) is 39.5 Å². The number of unbranched alkanes of at least 4 members (excludes halogenated alkanes) is 1. The summed E-state index contributed by atoms with van der Waals surface area (Å²) in [4.78, 5) is 24.9. The predicted molar refractivity (Wildman–Crippen MR) is 67.2 cm³/mol. The lowest BCUT2D eigenvalue weighted by atomic mass is 9.97. The number of hydrogen-bond acceptors (Lipinski definition) is 4. The highest BCUT2D eigenvalue weighted by atomic mass is 16.6. The number of nitrogens with zero attached hydrogens (tertiary/aromatic N) is 1. The maximum absolute atomic E-state index is 11.7. The van der Waals surface area contributed by atoms with Crippen LogP contribution in [-0.4, -0.2) is 43.3 Å². The van der Waals surface area contributed by atoms with Crippen molar-refractivity contribution in [2.75, 3.05) is 26.3 Å². The van der Waals surface area contributed by atoms with Gasteiger partial charge in [-0.3, -0.25) is 4.79 Å². The van der Waals surface area contributed by atoms with Gasteiger partial charge < -0.3 is 14.4 Å². The number of rotatable bonds is 5. The van der Waals surface area contributed by atoms with E-state index in [1.54, 1.807) is 11.8 Å². The first-order valence-corrected chi connectivity index (χ1v) is 6.77. The number of hydrogen-bond donors (Lipinski definition) is 0. The fourth-order valence-corrected chi connectivity index (χ4v) is 1.95. The van der Waals surface area contributed by atoms with Crippen molar-refractivity contribution in [3.05, 3.63) is 0 Å². The Morgan fingerprint density at radius 3 is 2.39 bits per heavy atom. The van der Waals surface area contributed by atoms with E-state index in [1.807, 2.05) is 0 Å². The maximum Gasteiger partial charge on any atom is 0.409 e. The molecule has 5 nitrogen and oxygen atoms in total. The van der Waals surface area contributed by atoms with Crippen molar-refractivity contribution >= 4 is 12.1 Å². The molecule has 0 saturated carbocycles. The number of piperidine rings is 1. The van der Waals surface area contributed by atoms with Gasteiger partial charge in [0.25, 0.3) is 0 Å². The Labute approximate surface area is 108 Å². The van der Waals surface area contributed by atoms with Gasteiger partial charge in [0.2, 0.25) is 0 Å². The number of esters is 1. The number of carbonyl (C=O) groups excluding carboxylic acids is 2. The van der Waals surface area contributed by atoms with Crippen LogP contribution < -0.4 is 0 Å². The van der Waals surface area contributed by atoms with E-state index in [4.69, 9.17) is 9.47 Å². The molecule has 0 spiro atoms. The molecule has 1 rings (SSSR count). The molecular weight excluding hydrogens is 234 g/mol. The Kier molecular flexibility index (Phi) is 6.54. The molecule has 0 N–H and O–H groups in total. The first-order chi connectivity index (χ1) is 8.69. The van der Waals surface area contributed by atoms with Gasteiger partial charge in [-0.2, -0.15) is 0 Å². The Hall–Kier alpha value is -1.26. The monoisotopic (exact) mass is 257 g/mol. The molecule has 0 radical (unpaired) electrons. The zero-order valence-corrected chi connectivity index (χ0v) is 11.3. The predicted octanol–water partition coefficient (Wildman–Crippen LogP) is 2.20. The van der Waals surface area contributed by atoms with E-state index < -0.39 is 0 Å². The normalized spacial score (nSPS) is 16.4. The summed E-state index contributed by atoms with van der Waals surface area (Å²) in [6, 6.07) is 0. The van der Waals surface area contributed by atoms with E-state index >= 15 is 0 Å². The fraction of sp³-hybridized carbons (Fsp3) is 0.846. The van der Waals surface area contributed by atoms with Crippen LogP contribution >= 0.6 is 0 Å². The van der Waals surface area contributed by atoms with Crippen LogP contribution in [0.1, 0.15) is 39.5 Å². The number of ether oxygens (including phenoxy) is 2. The Morgan fingerprint density at radius 2 is 1.83 bits per heavy atom. The highest BCUT2D eigenvalue weighted by Crippen LogP contribution is 2.19. The number of likely N-dealkylation sites (tertiary alicyclic amines) is 1. The summed E-state index contributed by atoms with van der Waals surface area (Å²) in [5.74, 6) is -0.207. The zero-order valence-electron chi connectivity index (χ0n) is 11.3. The summed E-state index contributed by atoms with van der Waals surface area (Å²) in [5.41, 5.74) is 0. The average Bonchev–Trinajstić information content (AvgIpc) is 2.39. The molecule has 1 fully saturated rings. The van der Waals surface area contributed by atoms with Crippen molar-refractivity contribution in [3.8, 4) is 0 Å². The molecule has 1 amide bonds. The number of amides is 1. The molecule has 0 bridgehead atoms. The van der Waals surface area contributed by atoms with Crippen molar-refractivity contribution in [2.24, 2.45) is 5.92 Å². The van der Waals surface area contributed by atoms with Crippen molar-refractivity contribution in [1.82, 2.24) is 4.90 Å². The topological polar surface area (TPSA) is 55.8 Å². The first kappa shape index (κ1) is 14.8. The van der Waals surface area contributed by atoms with Gasteiger partial charge in [-0.1, -0.05) is 13.3 Å². The van der Waals surface area contributed by atoms with Crippen LogP contribution in [0.3, 0.4) is 0 Å². The highest BCUT2D eigenvalue weighted by molar-refractivity contribution is 5.73. The molecule has 5 heteroatoms. The summed E-state index contributed by atoms with van der Waals surface area (Å²) < 4.78 is 10.1. The van der Waals surface area contributed by atoms with E-state index in [2.05, 4.69) is 6.92 Å². The van der Waals surface area contributed by atoms with Gasteiger partial charge in [0.05, 0.1) is 19.1 Å². The third kappa shape index (κ3) is 4.55. The minimum absolute atomic E-state index is 0.0651. The SMILES string of the molecule is CCCCOC(=O)N1CCC(C(=O)OCC)CC1. The van der Waals surface area contributed by atoms with Gasteiger partial charge in [-0.15, -0.1) is 0 Å². The quantitative estimate of drug-likeness (QED) is 0.559. The molecule has 0 atom stereocenters. The number of carbonyl (C=O) groups is 2. The van der Waals surface area contributed by atoms with Gasteiger partial charge >= 0.3 is 12.1 Å². The molecule has 0 aromatic carbocycles. The summed E-state index contributed by atoms with van der Waals surface area (Å²) in [6.07, 6.45) is 2.98. The molecule has 18 heavy (non-hydrogen) atoms. The maximum atomic E-state index is 11.7. The van der Waals surface area contributed by atoms with E-state index in [-0.39, 0.29) is 18.0 Å². The smallest absolute Gasteiger partial charge is 0.409 e. The van der Waals surface area contributed by atoms with E-state index in [1.165, 1.54) is 0 Å². The van der Waals surface area contributed by atoms with Gasteiger partial charge in [0, 0.05) is 13.1 Å². The van der Waals surface area contributed by atoms with E-state index in [0.717, 1.165) is 12.8 Å². The van der Waals surface area contributed by atoms with Gasteiger partial charge in [-0.25, -0.2) is 4.79 Å². The third-order valence-corrected chi connectivity index (χ3v) is 3.10. The van der Waals surface area contributed by atoms with Gasteiger partial charge in [0.1, 0.15) is 0 Å². The van der Waals surface area contributed by atoms with Crippen LogP contribution in [0.2, 0.25) is 0 Å². The Morgan fingerprint density at radius 1 is 1.17 bits per heavy atom. The molecule has 104 valence electrons. The van der Waals surface area contributed by atoms with Gasteiger partial charge in [-0.05, 0) is 26.2 Å². The van der Waals surface area contributed by atoms with Crippen LogP contribution in [0.15, 0.2) is 0 Å². The average molecular weight is 257 g/mol. The van der Waals surface area contributed by atoms with Crippen LogP contribution in [0.4, 0.5) is 4.79 Å². The van der Waals surface area contributed by atoms with Crippen LogP contribution in [0, 0.1) is 5.92 Å². The van der Waals surface area contributed by atoms with Crippen molar-refractivity contribution < 1.29 is 19.1 Å². The lowest BCUT2D eigenvalue weighted by Crippen LogP contribution is -2.41. The second-order valence-corrected chi connectivity index (χ2v) is 4.48. The van der Waals surface area contributed by atoms with Crippen molar-refractivity contribution in [3.63, 3.8) is 0 Å². The molecule has 0 aromatic heterocycles. The van der Waals surface area contributed by atoms with Crippen LogP contribution in [0.5, 0.6) is 0 Å². The molecular formula is C13H23NO4. The fourth-order valence-electron chi connectivity index (χ4n) is 1.95.